The van der Waals surface area contributed by atoms with Crippen molar-refractivity contribution in [3.63, 3.8) is 0 Å². The number of esters is 1. The first-order valence-corrected chi connectivity index (χ1v) is 7.76. The summed E-state index contributed by atoms with van der Waals surface area (Å²) in [6.07, 6.45) is 6.03. The maximum atomic E-state index is 11.9. The number of carbonyl (C=O) groups is 1. The molecule has 106 valence electrons. The summed E-state index contributed by atoms with van der Waals surface area (Å²) in [4.78, 5) is 11.9. The number of rotatable bonds is 2. The van der Waals surface area contributed by atoms with Gasteiger partial charge in [-0.1, -0.05) is 35.2 Å². The van der Waals surface area contributed by atoms with E-state index in [9.17, 15) is 4.79 Å². The standard InChI is InChI=1S/C15H17BrN2O2/c1-20-15(19)14-12-9-10(16)7-8-13(12)18(17-14)11-5-3-2-4-6-11/h7-9,11H,2-6H2,1H3. The van der Waals surface area contributed by atoms with Gasteiger partial charge in [0.2, 0.25) is 0 Å². The largest absolute Gasteiger partial charge is 0.464 e. The summed E-state index contributed by atoms with van der Waals surface area (Å²) in [5.41, 5.74) is 1.43. The fourth-order valence-corrected chi connectivity index (χ4v) is 3.33. The molecule has 0 N–H and O–H groups in total. The number of benzene rings is 1. The van der Waals surface area contributed by atoms with Crippen molar-refractivity contribution in [3.8, 4) is 0 Å². The Hall–Kier alpha value is -1.36. The van der Waals surface area contributed by atoms with Gasteiger partial charge in [-0.2, -0.15) is 5.10 Å². The van der Waals surface area contributed by atoms with E-state index >= 15 is 0 Å². The third-order valence-electron chi connectivity index (χ3n) is 3.97. The molecule has 1 saturated carbocycles. The molecule has 0 spiro atoms. The van der Waals surface area contributed by atoms with Gasteiger partial charge in [0.05, 0.1) is 18.7 Å². The molecule has 1 heterocycles. The molecule has 0 unspecified atom stereocenters. The summed E-state index contributed by atoms with van der Waals surface area (Å²) in [5.74, 6) is -0.373. The molecule has 0 saturated heterocycles. The third-order valence-corrected chi connectivity index (χ3v) is 4.46. The number of ether oxygens (including phenoxy) is 1. The summed E-state index contributed by atoms with van der Waals surface area (Å²) >= 11 is 3.45. The Kier molecular flexibility index (Phi) is 3.78. The van der Waals surface area contributed by atoms with Crippen LogP contribution in [0.5, 0.6) is 0 Å². The molecule has 1 aliphatic rings. The van der Waals surface area contributed by atoms with Crippen LogP contribution in [0.2, 0.25) is 0 Å². The average Bonchev–Trinajstić information content (AvgIpc) is 2.86. The maximum absolute atomic E-state index is 11.9. The van der Waals surface area contributed by atoms with Gasteiger partial charge in [0.25, 0.3) is 0 Å². The van der Waals surface area contributed by atoms with Crippen LogP contribution in [0.25, 0.3) is 10.9 Å². The van der Waals surface area contributed by atoms with E-state index in [-0.39, 0.29) is 5.97 Å². The van der Waals surface area contributed by atoms with Crippen molar-refractivity contribution in [1.82, 2.24) is 9.78 Å². The first-order chi connectivity index (χ1) is 9.70. The van der Waals surface area contributed by atoms with Crippen LogP contribution in [0.4, 0.5) is 0 Å². The molecule has 1 aliphatic carbocycles. The van der Waals surface area contributed by atoms with Gasteiger partial charge in [0.1, 0.15) is 0 Å². The van der Waals surface area contributed by atoms with Gasteiger partial charge in [0.15, 0.2) is 5.69 Å². The highest BCUT2D eigenvalue weighted by Crippen LogP contribution is 2.32. The summed E-state index contributed by atoms with van der Waals surface area (Å²) in [6, 6.07) is 6.34. The molecule has 3 rings (SSSR count). The van der Waals surface area contributed by atoms with Crippen LogP contribution in [-0.4, -0.2) is 22.9 Å². The van der Waals surface area contributed by atoms with E-state index in [0.717, 1.165) is 28.2 Å². The molecule has 20 heavy (non-hydrogen) atoms. The van der Waals surface area contributed by atoms with Gasteiger partial charge < -0.3 is 4.74 Å². The highest BCUT2D eigenvalue weighted by atomic mass is 79.9. The number of aromatic nitrogens is 2. The number of fused-ring (bicyclic) bond motifs is 1. The van der Waals surface area contributed by atoms with Gasteiger partial charge in [-0.25, -0.2) is 4.79 Å². The molecule has 0 aliphatic heterocycles. The highest BCUT2D eigenvalue weighted by molar-refractivity contribution is 9.10. The fourth-order valence-electron chi connectivity index (χ4n) is 2.96. The Labute approximate surface area is 126 Å². The lowest BCUT2D eigenvalue weighted by Crippen LogP contribution is -2.15. The van der Waals surface area contributed by atoms with Gasteiger partial charge in [-0.3, -0.25) is 4.68 Å². The number of halogens is 1. The van der Waals surface area contributed by atoms with E-state index < -0.39 is 0 Å². The summed E-state index contributed by atoms with van der Waals surface area (Å²) in [5, 5.41) is 5.40. The zero-order valence-corrected chi connectivity index (χ0v) is 13.0. The minimum atomic E-state index is -0.373. The Balaban J connectivity index is 2.14. The fraction of sp³-hybridized carbons (Fsp3) is 0.467. The van der Waals surface area contributed by atoms with Gasteiger partial charge in [-0.15, -0.1) is 0 Å². The molecule has 1 aromatic carbocycles. The molecule has 5 heteroatoms. The van der Waals surface area contributed by atoms with Crippen LogP contribution in [0.15, 0.2) is 22.7 Å². The minimum absolute atomic E-state index is 0.373. The summed E-state index contributed by atoms with van der Waals surface area (Å²) < 4.78 is 7.82. The monoisotopic (exact) mass is 336 g/mol. The van der Waals surface area contributed by atoms with Crippen LogP contribution < -0.4 is 0 Å². The second kappa shape index (κ2) is 5.56. The first kappa shape index (κ1) is 13.6. The second-order valence-electron chi connectivity index (χ2n) is 5.24. The van der Waals surface area contributed by atoms with Crippen LogP contribution in [0.1, 0.15) is 48.6 Å². The predicted molar refractivity (Wildman–Crippen MR) is 80.9 cm³/mol. The highest BCUT2D eigenvalue weighted by Gasteiger charge is 2.23. The predicted octanol–water partition coefficient (Wildman–Crippen LogP) is 4.09. The van der Waals surface area contributed by atoms with Crippen molar-refractivity contribution in [2.45, 2.75) is 38.1 Å². The zero-order chi connectivity index (χ0) is 14.1. The normalized spacial score (nSPS) is 16.5. The van der Waals surface area contributed by atoms with Crippen molar-refractivity contribution >= 4 is 32.8 Å². The molecular weight excluding hydrogens is 320 g/mol. The molecule has 4 nitrogen and oxygen atoms in total. The third kappa shape index (κ3) is 2.35. The van der Waals surface area contributed by atoms with Gasteiger partial charge in [0, 0.05) is 9.86 Å². The van der Waals surface area contributed by atoms with Crippen molar-refractivity contribution in [3.05, 3.63) is 28.4 Å². The summed E-state index contributed by atoms with van der Waals surface area (Å²) in [6.45, 7) is 0. The molecule has 0 radical (unpaired) electrons. The number of methoxy groups -OCH3 is 1. The molecule has 1 aromatic heterocycles. The van der Waals surface area contributed by atoms with Crippen molar-refractivity contribution in [2.24, 2.45) is 0 Å². The van der Waals surface area contributed by atoms with E-state index in [0.29, 0.717) is 11.7 Å². The van der Waals surface area contributed by atoms with E-state index in [1.807, 2.05) is 22.9 Å². The molecule has 0 bridgehead atoms. The SMILES string of the molecule is COC(=O)c1nn(C2CCCCC2)c2ccc(Br)cc12. The Morgan fingerprint density at radius 3 is 2.80 bits per heavy atom. The Morgan fingerprint density at radius 1 is 1.35 bits per heavy atom. The quantitative estimate of drug-likeness (QED) is 0.776. The van der Waals surface area contributed by atoms with Crippen molar-refractivity contribution < 1.29 is 9.53 Å². The van der Waals surface area contributed by atoms with Crippen molar-refractivity contribution in [1.29, 1.82) is 0 Å². The van der Waals surface area contributed by atoms with Gasteiger partial charge >= 0.3 is 5.97 Å². The lowest BCUT2D eigenvalue weighted by atomic mass is 9.95. The van der Waals surface area contributed by atoms with Crippen LogP contribution >= 0.6 is 15.9 Å². The number of nitrogens with zero attached hydrogens (tertiary/aromatic N) is 2. The molecule has 0 atom stereocenters. The van der Waals surface area contributed by atoms with E-state index in [2.05, 4.69) is 21.0 Å². The smallest absolute Gasteiger partial charge is 0.359 e. The van der Waals surface area contributed by atoms with E-state index in [1.54, 1.807) is 0 Å². The van der Waals surface area contributed by atoms with Crippen LogP contribution in [0.3, 0.4) is 0 Å². The van der Waals surface area contributed by atoms with Crippen molar-refractivity contribution in [2.75, 3.05) is 7.11 Å². The molecule has 2 aromatic rings. The summed E-state index contributed by atoms with van der Waals surface area (Å²) in [7, 11) is 1.39. The lowest BCUT2D eigenvalue weighted by Gasteiger charge is -2.22. The van der Waals surface area contributed by atoms with Gasteiger partial charge in [-0.05, 0) is 31.0 Å². The first-order valence-electron chi connectivity index (χ1n) is 6.97. The Morgan fingerprint density at radius 2 is 2.10 bits per heavy atom. The van der Waals surface area contributed by atoms with Crippen LogP contribution in [-0.2, 0) is 4.74 Å². The number of hydrogen-bond acceptors (Lipinski definition) is 3. The number of carbonyl (C=O) groups excluding carboxylic acids is 1. The molecule has 0 amide bonds. The Bertz CT molecular complexity index is 645. The number of hydrogen-bond donors (Lipinski definition) is 0. The van der Waals surface area contributed by atoms with Crippen LogP contribution in [0, 0.1) is 0 Å². The average molecular weight is 337 g/mol. The molecular formula is C15H17BrN2O2. The van der Waals surface area contributed by atoms with E-state index in [1.165, 1.54) is 26.4 Å². The maximum Gasteiger partial charge on any atom is 0.359 e. The minimum Gasteiger partial charge on any atom is -0.464 e. The van der Waals surface area contributed by atoms with E-state index in [4.69, 9.17) is 4.74 Å². The zero-order valence-electron chi connectivity index (χ0n) is 11.4. The lowest BCUT2D eigenvalue weighted by molar-refractivity contribution is 0.0594. The molecule has 1 fully saturated rings. The second-order valence-corrected chi connectivity index (χ2v) is 6.15. The topological polar surface area (TPSA) is 44.1 Å².